The highest BCUT2D eigenvalue weighted by Gasteiger charge is 2.38. The van der Waals surface area contributed by atoms with Gasteiger partial charge in [-0.1, -0.05) is 12.1 Å². The van der Waals surface area contributed by atoms with Crippen LogP contribution in [0.15, 0.2) is 61.2 Å². The van der Waals surface area contributed by atoms with Gasteiger partial charge in [-0.2, -0.15) is 0 Å². The molecule has 8 nitrogen and oxygen atoms in total. The van der Waals surface area contributed by atoms with Crippen LogP contribution in [0.2, 0.25) is 12.1 Å². The summed E-state index contributed by atoms with van der Waals surface area (Å²) < 4.78 is 36.4. The summed E-state index contributed by atoms with van der Waals surface area (Å²) in [4.78, 5) is 0. The molecule has 0 N–H and O–H groups in total. The first kappa shape index (κ1) is 28.5. The number of aryl methyl sites for hydroxylation is 2. The quantitative estimate of drug-likeness (QED) is 0.303. The maximum atomic E-state index is 5.36. The Morgan fingerprint density at radius 1 is 0.469 bits per heavy atom. The van der Waals surface area contributed by atoms with Gasteiger partial charge >= 0.3 is 17.6 Å². The summed E-state index contributed by atoms with van der Waals surface area (Å²) in [5.74, 6) is 0. The second-order valence-electron chi connectivity index (χ2n) is 7.02. The maximum absolute atomic E-state index is 5.36. The van der Waals surface area contributed by atoms with E-state index < -0.39 is 17.6 Å². The van der Waals surface area contributed by atoms with Crippen molar-refractivity contribution >= 4 is 17.6 Å². The molecule has 32 heavy (non-hydrogen) atoms. The van der Waals surface area contributed by atoms with Crippen LogP contribution in [0, 0.1) is 0 Å². The number of pyridine rings is 2. The van der Waals surface area contributed by atoms with Crippen LogP contribution in [-0.4, -0.2) is 60.3 Å². The Morgan fingerprint density at radius 2 is 0.750 bits per heavy atom. The normalized spacial score (nSPS) is 11.7. The van der Waals surface area contributed by atoms with E-state index in [9.17, 15) is 0 Å². The maximum Gasteiger partial charge on any atom is 0.500 e. The Labute approximate surface area is 195 Å². The first-order valence-corrected chi connectivity index (χ1v) is 14.6. The third-order valence-corrected chi connectivity index (χ3v) is 10.9. The highest BCUT2D eigenvalue weighted by molar-refractivity contribution is 6.60. The highest BCUT2D eigenvalue weighted by atomic mass is 28.4. The van der Waals surface area contributed by atoms with Crippen molar-refractivity contribution in [2.24, 2.45) is 0 Å². The lowest BCUT2D eigenvalue weighted by Crippen LogP contribution is -2.44. The minimum Gasteiger partial charge on any atom is -0.377 e. The molecule has 2 aromatic heterocycles. The molecule has 180 valence electrons. The van der Waals surface area contributed by atoms with Crippen LogP contribution in [0.1, 0.15) is 12.8 Å². The first-order chi connectivity index (χ1) is 15.5. The number of nitrogens with zero attached hydrogens (tertiary/aromatic N) is 2. The third-order valence-electron chi connectivity index (χ3n) is 5.22. The Kier molecular flexibility index (Phi) is 14.4. The lowest BCUT2D eigenvalue weighted by Gasteiger charge is -2.23. The molecule has 0 radical (unpaired) electrons. The van der Waals surface area contributed by atoms with Crippen molar-refractivity contribution in [2.45, 2.75) is 38.0 Å². The van der Waals surface area contributed by atoms with Crippen molar-refractivity contribution in [1.82, 2.24) is 0 Å². The fraction of sp³-hybridized carbons (Fsp3) is 0.545. The third kappa shape index (κ3) is 9.96. The lowest BCUT2D eigenvalue weighted by atomic mass is 10.4. The Morgan fingerprint density at radius 3 is 1.00 bits per heavy atom. The zero-order valence-corrected chi connectivity index (χ0v) is 22.4. The molecule has 0 amide bonds. The smallest absolute Gasteiger partial charge is 0.377 e. The molecule has 0 aliphatic carbocycles. The molecule has 0 atom stereocenters. The SMILES string of the molecule is CO[Si](CCC[n+]1ccccc1)(OC)OC.CO[Si](CCC[n+]1ccccc1)(OC)OC. The molecule has 0 aromatic carbocycles. The van der Waals surface area contributed by atoms with Crippen LogP contribution in [-0.2, 0) is 39.6 Å². The molecule has 0 bridgehead atoms. The summed E-state index contributed by atoms with van der Waals surface area (Å²) >= 11 is 0. The monoisotopic (exact) mass is 484 g/mol. The standard InChI is InChI=1S/2C11H20NO3Si/c2*1-13-16(14-2,15-3)11-7-10-12-8-5-4-6-9-12/h2*4-6,8-9H,7,10-11H2,1-3H3/q2*+1. The van der Waals surface area contributed by atoms with Gasteiger partial charge in [-0.05, 0) is 0 Å². The predicted octanol–water partition coefficient (Wildman–Crippen LogP) is 2.48. The van der Waals surface area contributed by atoms with E-state index in [2.05, 4.69) is 33.9 Å². The average molecular weight is 485 g/mol. The molecule has 0 aliphatic rings. The van der Waals surface area contributed by atoms with Gasteiger partial charge in [0.1, 0.15) is 13.1 Å². The van der Waals surface area contributed by atoms with Crippen LogP contribution in [0.4, 0.5) is 0 Å². The summed E-state index contributed by atoms with van der Waals surface area (Å²) in [5, 5.41) is 0. The Bertz CT molecular complexity index is 626. The van der Waals surface area contributed by atoms with Crippen LogP contribution < -0.4 is 9.13 Å². The summed E-state index contributed by atoms with van der Waals surface area (Å²) in [6.45, 7) is 1.90. The van der Waals surface area contributed by atoms with Gasteiger partial charge in [-0.3, -0.25) is 0 Å². The molecule has 0 unspecified atom stereocenters. The molecular formula is C22H40N2O6Si2+2. The second-order valence-corrected chi connectivity index (χ2v) is 13.2. The molecule has 0 fully saturated rings. The minimum absolute atomic E-state index is 0.832. The van der Waals surface area contributed by atoms with E-state index in [0.717, 1.165) is 38.0 Å². The molecule has 0 spiro atoms. The highest BCUT2D eigenvalue weighted by Crippen LogP contribution is 2.15. The fourth-order valence-electron chi connectivity index (χ4n) is 3.24. The fourth-order valence-corrected chi connectivity index (χ4v) is 6.64. The zero-order valence-electron chi connectivity index (χ0n) is 20.4. The minimum atomic E-state index is -2.38. The van der Waals surface area contributed by atoms with Gasteiger partial charge < -0.3 is 26.6 Å². The van der Waals surface area contributed by atoms with Crippen molar-refractivity contribution < 1.29 is 35.7 Å². The molecule has 0 aliphatic heterocycles. The van der Waals surface area contributed by atoms with Crippen molar-refractivity contribution in [3.63, 3.8) is 0 Å². The van der Waals surface area contributed by atoms with Gasteiger partial charge in [-0.25, -0.2) is 9.13 Å². The summed E-state index contributed by atoms with van der Waals surface area (Å²) in [7, 11) is 5.12. The lowest BCUT2D eigenvalue weighted by molar-refractivity contribution is -0.697. The van der Waals surface area contributed by atoms with Gasteiger partial charge in [-0.15, -0.1) is 0 Å². The van der Waals surface area contributed by atoms with Crippen molar-refractivity contribution in [3.05, 3.63) is 61.2 Å². The average Bonchev–Trinajstić information content (AvgIpc) is 2.87. The van der Waals surface area contributed by atoms with Crippen molar-refractivity contribution in [3.8, 4) is 0 Å². The van der Waals surface area contributed by atoms with Gasteiger partial charge in [0.05, 0.1) is 0 Å². The largest absolute Gasteiger partial charge is 0.500 e. The van der Waals surface area contributed by atoms with Gasteiger partial charge in [0.25, 0.3) is 0 Å². The number of hydrogen-bond acceptors (Lipinski definition) is 6. The molecular weight excluding hydrogens is 444 g/mol. The second kappa shape index (κ2) is 16.2. The Hall–Kier alpha value is -1.51. The molecule has 0 saturated carbocycles. The van der Waals surface area contributed by atoms with E-state index >= 15 is 0 Å². The predicted molar refractivity (Wildman–Crippen MR) is 126 cm³/mol. The van der Waals surface area contributed by atoms with Crippen molar-refractivity contribution in [1.29, 1.82) is 0 Å². The summed E-state index contributed by atoms with van der Waals surface area (Å²) in [6, 6.07) is 13.8. The number of rotatable bonds is 14. The van der Waals surface area contributed by atoms with E-state index in [0.29, 0.717) is 0 Å². The van der Waals surface area contributed by atoms with Crippen molar-refractivity contribution in [2.75, 3.05) is 42.7 Å². The van der Waals surface area contributed by atoms with Crippen LogP contribution in [0.25, 0.3) is 0 Å². The molecule has 0 saturated heterocycles. The molecule has 2 aromatic rings. The summed E-state index contributed by atoms with van der Waals surface area (Å²) in [6.07, 6.45) is 10.2. The van der Waals surface area contributed by atoms with E-state index in [1.54, 1.807) is 42.7 Å². The Balaban J connectivity index is 0.000000320. The zero-order chi connectivity index (χ0) is 23.7. The van der Waals surface area contributed by atoms with Gasteiger partial charge in [0.2, 0.25) is 0 Å². The summed E-state index contributed by atoms with van der Waals surface area (Å²) in [5.41, 5.74) is 0. The van der Waals surface area contributed by atoms with E-state index in [-0.39, 0.29) is 0 Å². The molecule has 2 rings (SSSR count). The van der Waals surface area contributed by atoms with E-state index in [1.807, 2.05) is 36.4 Å². The van der Waals surface area contributed by atoms with Gasteiger partial charge in [0.15, 0.2) is 24.8 Å². The van der Waals surface area contributed by atoms with E-state index in [4.69, 9.17) is 26.6 Å². The topological polar surface area (TPSA) is 63.1 Å². The van der Waals surface area contributed by atoms with E-state index in [1.165, 1.54) is 0 Å². The van der Waals surface area contributed by atoms with Crippen LogP contribution >= 0.6 is 0 Å². The van der Waals surface area contributed by atoms with Gasteiger partial charge in [0, 0.05) is 91.9 Å². The first-order valence-electron chi connectivity index (χ1n) is 10.7. The van der Waals surface area contributed by atoms with Crippen LogP contribution in [0.5, 0.6) is 0 Å². The van der Waals surface area contributed by atoms with Crippen LogP contribution in [0.3, 0.4) is 0 Å². The molecule has 2 heterocycles. The molecule has 10 heteroatoms. The number of aromatic nitrogens is 2. The number of hydrogen-bond donors (Lipinski definition) is 0.